The summed E-state index contributed by atoms with van der Waals surface area (Å²) in [5, 5.41) is 15.0. The molecule has 36 heavy (non-hydrogen) atoms. The van der Waals surface area contributed by atoms with Gasteiger partial charge < -0.3 is 20.0 Å². The molecule has 2 aliphatic rings. The summed E-state index contributed by atoms with van der Waals surface area (Å²) < 4.78 is 22.8. The summed E-state index contributed by atoms with van der Waals surface area (Å²) in [6.45, 7) is 15.6. The van der Waals surface area contributed by atoms with E-state index in [0.29, 0.717) is 43.5 Å². The van der Waals surface area contributed by atoms with Crippen LogP contribution in [0, 0.1) is 17.3 Å². The lowest BCUT2D eigenvalue weighted by molar-refractivity contribution is -0.246. The molecule has 1 unspecified atom stereocenters. The number of ether oxygens (including phenoxy) is 2. The van der Waals surface area contributed by atoms with Crippen LogP contribution in [0.2, 0.25) is 0 Å². The predicted octanol–water partition coefficient (Wildman–Crippen LogP) is 3.84. The maximum atomic E-state index is 12.6. The van der Waals surface area contributed by atoms with Crippen molar-refractivity contribution in [2.75, 3.05) is 31.3 Å². The van der Waals surface area contributed by atoms with E-state index in [9.17, 15) is 19.0 Å². The number of hydrogen-bond acceptors (Lipinski definition) is 7. The molecule has 2 aliphatic heterocycles. The number of rotatable bonds is 13. The van der Waals surface area contributed by atoms with E-state index in [1.807, 2.05) is 39.8 Å². The molecule has 2 fully saturated rings. The third-order valence-corrected chi connectivity index (χ3v) is 8.54. The van der Waals surface area contributed by atoms with Gasteiger partial charge in [0.15, 0.2) is 0 Å². The number of nitrogens with zero attached hydrogens (tertiary/aromatic N) is 1. The first kappa shape index (κ1) is 30.9. The zero-order valence-corrected chi connectivity index (χ0v) is 24.1. The molecule has 208 valence electrons. The Balaban J connectivity index is 1.77. The predicted molar refractivity (Wildman–Crippen MR) is 142 cm³/mol. The molecule has 2 N–H and O–H groups in total. The van der Waals surface area contributed by atoms with E-state index in [4.69, 9.17) is 9.47 Å². The van der Waals surface area contributed by atoms with Gasteiger partial charge in [-0.1, -0.05) is 32.9 Å². The van der Waals surface area contributed by atoms with Gasteiger partial charge >= 0.3 is 5.97 Å². The maximum Gasteiger partial charge on any atom is 0.306 e. The Morgan fingerprint density at radius 2 is 1.78 bits per heavy atom. The lowest BCUT2D eigenvalue weighted by Gasteiger charge is -2.51. The highest BCUT2D eigenvalue weighted by atomic mass is 32.2. The van der Waals surface area contributed by atoms with Crippen molar-refractivity contribution in [1.29, 1.82) is 0 Å². The second-order valence-corrected chi connectivity index (χ2v) is 14.2. The minimum absolute atomic E-state index is 0.00862. The van der Waals surface area contributed by atoms with E-state index < -0.39 is 21.9 Å². The highest BCUT2D eigenvalue weighted by molar-refractivity contribution is 7.85. The number of piperidine rings is 1. The van der Waals surface area contributed by atoms with E-state index in [0.717, 1.165) is 6.42 Å². The number of esters is 1. The Labute approximate surface area is 220 Å². The summed E-state index contributed by atoms with van der Waals surface area (Å²) in [6, 6.07) is -0.00862. The van der Waals surface area contributed by atoms with Gasteiger partial charge in [0.2, 0.25) is 5.91 Å². The van der Waals surface area contributed by atoms with Gasteiger partial charge in [-0.15, -0.1) is 0 Å². The zero-order chi connectivity index (χ0) is 27.1. The van der Waals surface area contributed by atoms with E-state index in [1.165, 1.54) is 5.06 Å². The van der Waals surface area contributed by atoms with Gasteiger partial charge in [-0.25, -0.2) is 0 Å². The van der Waals surface area contributed by atoms with Crippen molar-refractivity contribution in [3.8, 4) is 0 Å². The molecule has 2 heterocycles. The van der Waals surface area contributed by atoms with Crippen LogP contribution < -0.4 is 5.32 Å². The lowest BCUT2D eigenvalue weighted by Crippen LogP contribution is -2.62. The summed E-state index contributed by atoms with van der Waals surface area (Å²) in [5.74, 6) is 0.928. The fourth-order valence-corrected chi connectivity index (χ4v) is 6.74. The molecule has 0 saturated carbocycles. The minimum atomic E-state index is -1.03. The normalized spacial score (nSPS) is 23.2. The monoisotopic (exact) mass is 528 g/mol. The van der Waals surface area contributed by atoms with E-state index >= 15 is 0 Å². The number of allylic oxidation sites excluding steroid dienone is 1. The standard InChI is InChI=1S/C27H48N2O6S/c1-20(2)13-21(14-24(31)35-11-12-36(33)19-27(7)17-34-18-27)9-8-10-23(30)28-22-15-25(3,4)29(32)26(5,6)16-22/h8-9,20-22,32H,10-19H2,1-7H3,(H,28,30)/b9-8+/t21-,36?/m1/s1. The van der Waals surface area contributed by atoms with Crippen LogP contribution in [0.1, 0.15) is 80.6 Å². The van der Waals surface area contributed by atoms with Crippen LogP contribution in [0.4, 0.5) is 0 Å². The van der Waals surface area contributed by atoms with Crippen molar-refractivity contribution in [3.05, 3.63) is 12.2 Å². The van der Waals surface area contributed by atoms with Gasteiger partial charge in [0, 0.05) is 45.5 Å². The molecular weight excluding hydrogens is 480 g/mol. The summed E-state index contributed by atoms with van der Waals surface area (Å²) in [5.41, 5.74) is -0.861. The Morgan fingerprint density at radius 1 is 1.17 bits per heavy atom. The van der Waals surface area contributed by atoms with Crippen LogP contribution >= 0.6 is 0 Å². The fourth-order valence-electron chi connectivity index (χ4n) is 5.38. The largest absolute Gasteiger partial charge is 0.465 e. The molecule has 0 aromatic rings. The molecule has 0 bridgehead atoms. The highest BCUT2D eigenvalue weighted by Crippen LogP contribution is 2.36. The molecule has 0 aromatic heterocycles. The number of hydrogen-bond donors (Lipinski definition) is 2. The molecule has 0 spiro atoms. The average Bonchev–Trinajstić information content (AvgIpc) is 2.69. The molecule has 8 nitrogen and oxygen atoms in total. The highest BCUT2D eigenvalue weighted by Gasteiger charge is 2.45. The Hall–Kier alpha value is -1.29. The average molecular weight is 529 g/mol. The van der Waals surface area contributed by atoms with Crippen molar-refractivity contribution < 1.29 is 28.5 Å². The molecule has 9 heteroatoms. The summed E-state index contributed by atoms with van der Waals surface area (Å²) in [7, 11) is -1.03. The molecule has 2 saturated heterocycles. The molecule has 0 radical (unpaired) electrons. The third-order valence-electron chi connectivity index (χ3n) is 6.90. The molecule has 1 amide bonds. The minimum Gasteiger partial charge on any atom is -0.465 e. The van der Waals surface area contributed by atoms with Gasteiger partial charge in [-0.3, -0.25) is 13.8 Å². The van der Waals surface area contributed by atoms with Crippen LogP contribution in [0.15, 0.2) is 12.2 Å². The Morgan fingerprint density at radius 3 is 2.31 bits per heavy atom. The second-order valence-electron chi connectivity index (χ2n) is 12.6. The summed E-state index contributed by atoms with van der Waals surface area (Å²) in [4.78, 5) is 25.0. The summed E-state index contributed by atoms with van der Waals surface area (Å²) in [6.07, 6.45) is 6.42. The van der Waals surface area contributed by atoms with Gasteiger partial charge in [0.05, 0.1) is 25.4 Å². The fraction of sp³-hybridized carbons (Fsp3) is 0.852. The zero-order valence-electron chi connectivity index (χ0n) is 23.3. The quantitative estimate of drug-likeness (QED) is 0.276. The first-order chi connectivity index (χ1) is 16.6. The first-order valence-electron chi connectivity index (χ1n) is 13.2. The lowest BCUT2D eigenvalue weighted by atomic mass is 9.79. The third kappa shape index (κ3) is 9.88. The van der Waals surface area contributed by atoms with Gasteiger partial charge in [0.1, 0.15) is 6.61 Å². The number of carbonyl (C=O) groups excluding carboxylic acids is 2. The van der Waals surface area contributed by atoms with Crippen molar-refractivity contribution in [2.24, 2.45) is 17.3 Å². The van der Waals surface area contributed by atoms with Crippen molar-refractivity contribution in [2.45, 2.75) is 97.7 Å². The Kier molecular flexibility index (Phi) is 11.2. The molecule has 2 atom stereocenters. The van der Waals surface area contributed by atoms with Crippen molar-refractivity contribution >= 4 is 22.7 Å². The molecular formula is C27H48N2O6S. The van der Waals surface area contributed by atoms with Crippen LogP contribution in [0.3, 0.4) is 0 Å². The topological polar surface area (TPSA) is 105 Å². The van der Waals surface area contributed by atoms with Crippen LogP contribution in [-0.2, 0) is 29.9 Å². The van der Waals surface area contributed by atoms with E-state index in [-0.39, 0.29) is 48.7 Å². The maximum absolute atomic E-state index is 12.6. The molecule has 2 rings (SSSR count). The molecule has 0 aliphatic carbocycles. The first-order valence-corrected chi connectivity index (χ1v) is 14.6. The number of hydroxylamine groups is 2. The van der Waals surface area contributed by atoms with Crippen LogP contribution in [0.5, 0.6) is 0 Å². The molecule has 0 aromatic carbocycles. The number of nitrogens with one attached hydrogen (secondary N) is 1. The van der Waals surface area contributed by atoms with Gasteiger partial charge in [-0.05, 0) is 58.8 Å². The number of carbonyl (C=O) groups is 2. The van der Waals surface area contributed by atoms with E-state index in [2.05, 4.69) is 26.1 Å². The van der Waals surface area contributed by atoms with Crippen LogP contribution in [-0.4, -0.2) is 74.8 Å². The summed E-state index contributed by atoms with van der Waals surface area (Å²) >= 11 is 0. The van der Waals surface area contributed by atoms with Crippen LogP contribution in [0.25, 0.3) is 0 Å². The van der Waals surface area contributed by atoms with Gasteiger partial charge in [0.25, 0.3) is 0 Å². The SMILES string of the molecule is CC(C)C[C@@H](/C=C/CC(=O)NC1CC(C)(C)N(O)C(C)(C)C1)CC(=O)OCCS(=O)CC1(C)COC1. The van der Waals surface area contributed by atoms with Crippen molar-refractivity contribution in [1.82, 2.24) is 10.4 Å². The van der Waals surface area contributed by atoms with Gasteiger partial charge in [-0.2, -0.15) is 5.06 Å². The number of amides is 1. The smallest absolute Gasteiger partial charge is 0.306 e. The Bertz CT molecular complexity index is 788. The second kappa shape index (κ2) is 13.0. The van der Waals surface area contributed by atoms with Crippen molar-refractivity contribution in [3.63, 3.8) is 0 Å². The van der Waals surface area contributed by atoms with E-state index in [1.54, 1.807) is 0 Å².